The molecule has 13 aromatic carbocycles. The highest BCUT2D eigenvalue weighted by atomic mass is 16.3. The topological polar surface area (TPSA) is 26.3 Å². The van der Waals surface area contributed by atoms with Crippen molar-refractivity contribution >= 4 is 43.9 Å². The number of rotatable bonds is 2. The Hall–Kier alpha value is -10.5. The van der Waals surface area contributed by atoms with Crippen molar-refractivity contribution in [2.45, 2.75) is 49.4 Å². The van der Waals surface area contributed by atoms with Crippen LogP contribution in [-0.4, -0.2) is 0 Å². The Morgan fingerprint density at radius 1 is 0.227 bits per heavy atom. The van der Waals surface area contributed by atoms with Crippen LogP contribution in [0.1, 0.15) is 94.5 Å². The third kappa shape index (κ3) is 5.36. The Morgan fingerprint density at radius 3 is 0.898 bits per heavy atom. The number of para-hydroxylation sites is 2. The first kappa shape index (κ1) is 47.7. The van der Waals surface area contributed by atoms with E-state index < -0.39 is 10.8 Å². The van der Waals surface area contributed by atoms with E-state index in [1.165, 1.54) is 134 Å². The van der Waals surface area contributed by atoms with Crippen molar-refractivity contribution in [3.05, 3.63) is 322 Å². The molecular weight excluding hydrogens is 1060 g/mol. The van der Waals surface area contributed by atoms with Crippen molar-refractivity contribution in [3.8, 4) is 89.0 Å². The van der Waals surface area contributed by atoms with E-state index >= 15 is 0 Å². The first-order valence-corrected chi connectivity index (χ1v) is 31.2. The van der Waals surface area contributed by atoms with E-state index in [0.717, 1.165) is 66.1 Å². The lowest BCUT2D eigenvalue weighted by Gasteiger charge is -2.32. The largest absolute Gasteiger partial charge is 0.455 e. The quantitative estimate of drug-likeness (QED) is 0.172. The average Bonchev–Trinajstić information content (AvgIpc) is 1.49. The molecule has 2 spiro atoms. The van der Waals surface area contributed by atoms with Gasteiger partial charge in [0.2, 0.25) is 0 Å². The van der Waals surface area contributed by atoms with E-state index in [1.54, 1.807) is 0 Å². The number of hydrogen-bond donors (Lipinski definition) is 0. The molecule has 2 aromatic heterocycles. The summed E-state index contributed by atoms with van der Waals surface area (Å²) in [5.74, 6) is 0. The van der Waals surface area contributed by atoms with Gasteiger partial charge in [-0.05, 0) is 193 Å². The number of furan rings is 2. The second-order valence-corrected chi connectivity index (χ2v) is 26.8. The Kier molecular flexibility index (Phi) is 8.62. The van der Waals surface area contributed by atoms with E-state index in [9.17, 15) is 0 Å². The average molecular weight is 1120 g/mol. The summed E-state index contributed by atoms with van der Waals surface area (Å²) in [6, 6.07) is 97.6. The van der Waals surface area contributed by atoms with Crippen molar-refractivity contribution in [2.75, 3.05) is 0 Å². The van der Waals surface area contributed by atoms with Gasteiger partial charge < -0.3 is 8.83 Å². The molecule has 2 nitrogen and oxygen atoms in total. The molecule has 0 bridgehead atoms. The van der Waals surface area contributed by atoms with Gasteiger partial charge in [0.05, 0.1) is 10.8 Å². The van der Waals surface area contributed by atoms with Crippen LogP contribution in [-0.2, 0) is 21.7 Å². The van der Waals surface area contributed by atoms with Crippen LogP contribution < -0.4 is 0 Å². The van der Waals surface area contributed by atoms with Gasteiger partial charge in [-0.15, -0.1) is 0 Å². The third-order valence-corrected chi connectivity index (χ3v) is 22.3. The monoisotopic (exact) mass is 1120 g/mol. The second-order valence-electron chi connectivity index (χ2n) is 26.8. The van der Waals surface area contributed by atoms with Crippen molar-refractivity contribution in [2.24, 2.45) is 0 Å². The van der Waals surface area contributed by atoms with E-state index in [-0.39, 0.29) is 10.8 Å². The Morgan fingerprint density at radius 2 is 0.523 bits per heavy atom. The second kappa shape index (κ2) is 15.9. The van der Waals surface area contributed by atoms with Crippen molar-refractivity contribution in [3.63, 3.8) is 0 Å². The van der Waals surface area contributed by atoms with E-state index in [0.29, 0.717) is 0 Å². The number of fused-ring (bicyclic) bond motifs is 34. The molecule has 0 fully saturated rings. The fourth-order valence-electron chi connectivity index (χ4n) is 18.7. The molecule has 0 saturated carbocycles. The molecule has 0 aliphatic heterocycles. The highest BCUT2D eigenvalue weighted by Crippen LogP contribution is 2.71. The summed E-state index contributed by atoms with van der Waals surface area (Å²) in [5, 5.41) is 4.57. The smallest absolute Gasteiger partial charge is 0.143 e. The maximum Gasteiger partial charge on any atom is 0.143 e. The van der Waals surface area contributed by atoms with Gasteiger partial charge in [-0.3, -0.25) is 0 Å². The lowest BCUT2D eigenvalue weighted by molar-refractivity contribution is 0.660. The predicted octanol–water partition coefficient (Wildman–Crippen LogP) is 22.1. The van der Waals surface area contributed by atoms with Gasteiger partial charge >= 0.3 is 0 Å². The number of hydrogen-bond acceptors (Lipinski definition) is 2. The zero-order valence-corrected chi connectivity index (χ0v) is 49.1. The van der Waals surface area contributed by atoms with Crippen LogP contribution in [0.5, 0.6) is 0 Å². The molecule has 6 aliphatic carbocycles. The fraction of sp³-hybridized carbons (Fsp3) is 0.0930. The first-order valence-electron chi connectivity index (χ1n) is 31.2. The van der Waals surface area contributed by atoms with Crippen LogP contribution in [0, 0.1) is 0 Å². The minimum absolute atomic E-state index is 0.126. The molecule has 0 atom stereocenters. The highest BCUT2D eigenvalue weighted by molar-refractivity contribution is 6.23. The van der Waals surface area contributed by atoms with Gasteiger partial charge in [-0.1, -0.05) is 234 Å². The fourth-order valence-corrected chi connectivity index (χ4v) is 18.7. The summed E-state index contributed by atoms with van der Waals surface area (Å²) in [7, 11) is 0. The molecule has 0 amide bonds. The van der Waals surface area contributed by atoms with Crippen molar-refractivity contribution in [1.29, 1.82) is 0 Å². The molecular formula is C86H54O2. The molecule has 15 aromatic rings. The van der Waals surface area contributed by atoms with Gasteiger partial charge in [0.1, 0.15) is 22.3 Å². The van der Waals surface area contributed by atoms with Crippen molar-refractivity contribution in [1.82, 2.24) is 0 Å². The molecule has 21 rings (SSSR count). The van der Waals surface area contributed by atoms with E-state index in [1.807, 2.05) is 0 Å². The molecule has 2 heteroatoms. The van der Waals surface area contributed by atoms with Crippen LogP contribution in [0.15, 0.2) is 264 Å². The molecule has 0 saturated heterocycles. The molecule has 2 heterocycles. The van der Waals surface area contributed by atoms with Crippen LogP contribution in [0.2, 0.25) is 0 Å². The Labute approximate surface area is 509 Å². The van der Waals surface area contributed by atoms with E-state index in [2.05, 4.69) is 282 Å². The van der Waals surface area contributed by atoms with E-state index in [4.69, 9.17) is 8.83 Å². The Balaban J connectivity index is 0.930. The van der Waals surface area contributed by atoms with Gasteiger partial charge in [0.25, 0.3) is 0 Å². The summed E-state index contributed by atoms with van der Waals surface area (Å²) < 4.78 is 14.8. The maximum atomic E-state index is 7.41. The van der Waals surface area contributed by atoms with Gasteiger partial charge in [0.15, 0.2) is 0 Å². The van der Waals surface area contributed by atoms with Crippen LogP contribution in [0.25, 0.3) is 133 Å². The lowest BCUT2D eigenvalue weighted by atomic mass is 9.68. The highest BCUT2D eigenvalue weighted by Gasteiger charge is 2.58. The van der Waals surface area contributed by atoms with Crippen LogP contribution >= 0.6 is 0 Å². The summed E-state index contributed by atoms with van der Waals surface area (Å²) >= 11 is 0. The van der Waals surface area contributed by atoms with Gasteiger partial charge in [-0.2, -0.15) is 0 Å². The zero-order valence-electron chi connectivity index (χ0n) is 49.1. The minimum Gasteiger partial charge on any atom is -0.455 e. The normalized spacial score (nSPS) is 15.9. The molecule has 6 aliphatic rings. The Bertz CT molecular complexity index is 5320. The molecule has 410 valence electrons. The predicted molar refractivity (Wildman–Crippen MR) is 360 cm³/mol. The summed E-state index contributed by atoms with van der Waals surface area (Å²) in [6.07, 6.45) is 0. The maximum absolute atomic E-state index is 7.41. The van der Waals surface area contributed by atoms with Gasteiger partial charge in [-0.25, -0.2) is 0 Å². The van der Waals surface area contributed by atoms with Crippen molar-refractivity contribution < 1.29 is 8.83 Å². The molecule has 88 heavy (non-hydrogen) atoms. The third-order valence-electron chi connectivity index (χ3n) is 22.3. The lowest BCUT2D eigenvalue weighted by Crippen LogP contribution is -2.27. The van der Waals surface area contributed by atoms with Gasteiger partial charge in [0, 0.05) is 43.5 Å². The standard InChI is InChI=1S/C86H54O2/c1-83(2)63-29-13-5-25-53(63)59-41-47(37-39-65(59)83)57-43-73-77(79-55-27-11-19-35-75(55)87-81(57)79)61-45-72-62(46-71(61)85(73)67-31-15-7-21-49(67)50-22-8-16-32-68(50)85)78-74(86(72)69-33-17-9-23-51(69)52-24-10-18-34-70(52)86)44-58(82-80(78)56-28-12-20-36-76(56)88-82)48-38-40-66-60(42-48)54-26-6-14-30-64(54)84(66,3)4/h5-46H,1-4H3. The van der Waals surface area contributed by atoms with Crippen LogP contribution in [0.3, 0.4) is 0 Å². The molecule has 0 N–H and O–H groups in total. The first-order chi connectivity index (χ1) is 43.2. The molecule has 0 radical (unpaired) electrons. The molecule has 0 unspecified atom stereocenters. The zero-order chi connectivity index (χ0) is 57.9. The van der Waals surface area contributed by atoms with Crippen LogP contribution in [0.4, 0.5) is 0 Å². The SMILES string of the molecule is CC1(C)c2ccccc2-c2cc(-c3cc4c(c5c3oc3ccccc35)-c3cc5c(cc3C43c4ccccc4-c4ccccc43)-c3c(cc(-c4ccc6c(c4)-c4ccccc4C6(C)C)c4oc6ccccc6c34)C53c4ccccc4-c4ccccc43)ccc21. The summed E-state index contributed by atoms with van der Waals surface area (Å²) in [5.41, 5.74) is 37.5. The summed E-state index contributed by atoms with van der Waals surface area (Å²) in [6.45, 7) is 9.48. The summed E-state index contributed by atoms with van der Waals surface area (Å²) in [4.78, 5) is 0. The number of benzene rings is 13. The minimum atomic E-state index is -0.715.